The second kappa shape index (κ2) is 7.94. The number of halogens is 1. The third-order valence-corrected chi connectivity index (χ3v) is 7.60. The fraction of sp³-hybridized carbons (Fsp3) is 0.292. The van der Waals surface area contributed by atoms with Gasteiger partial charge in [0.15, 0.2) is 0 Å². The van der Waals surface area contributed by atoms with Crippen molar-refractivity contribution < 1.29 is 4.79 Å². The maximum Gasteiger partial charge on any atom is 0.261 e. The van der Waals surface area contributed by atoms with E-state index in [0.29, 0.717) is 12.0 Å². The highest BCUT2D eigenvalue weighted by atomic mass is 35.5. The van der Waals surface area contributed by atoms with Crippen molar-refractivity contribution in [3.05, 3.63) is 70.6 Å². The number of thiophene rings is 1. The number of hydrogen-bond donors (Lipinski definition) is 1. The molecule has 2 bridgehead atoms. The van der Waals surface area contributed by atoms with Crippen molar-refractivity contribution in [1.82, 2.24) is 10.2 Å². The van der Waals surface area contributed by atoms with E-state index in [-0.39, 0.29) is 5.91 Å². The van der Waals surface area contributed by atoms with E-state index in [0.717, 1.165) is 38.0 Å². The van der Waals surface area contributed by atoms with Gasteiger partial charge in [0.05, 0.1) is 4.88 Å². The van der Waals surface area contributed by atoms with Crippen LogP contribution >= 0.6 is 22.9 Å². The molecule has 4 heterocycles. The van der Waals surface area contributed by atoms with Gasteiger partial charge < -0.3 is 10.2 Å². The highest BCUT2D eigenvalue weighted by Gasteiger charge is 2.35. The van der Waals surface area contributed by atoms with Crippen molar-refractivity contribution in [2.45, 2.75) is 18.9 Å². The van der Waals surface area contributed by atoms with Crippen molar-refractivity contribution in [3.8, 4) is 21.6 Å². The van der Waals surface area contributed by atoms with Crippen LogP contribution in [-0.4, -0.2) is 36.5 Å². The molecule has 0 unspecified atom stereocenters. The van der Waals surface area contributed by atoms with Gasteiger partial charge in [-0.1, -0.05) is 48.0 Å². The SMILES string of the molecule is O=C(N[C@H]1CN2CCC1CC2)c1ccc(-c2cccc(-c3ccccc3Cl)c2)s1. The fourth-order valence-electron chi connectivity index (χ4n) is 4.52. The largest absolute Gasteiger partial charge is 0.347 e. The van der Waals surface area contributed by atoms with Crippen LogP contribution in [0.15, 0.2) is 60.7 Å². The van der Waals surface area contributed by atoms with Crippen LogP contribution in [0.5, 0.6) is 0 Å². The maximum atomic E-state index is 12.8. The molecule has 1 N–H and O–H groups in total. The first-order chi connectivity index (χ1) is 14.2. The quantitative estimate of drug-likeness (QED) is 0.597. The van der Waals surface area contributed by atoms with E-state index in [1.165, 1.54) is 25.9 Å². The predicted molar refractivity (Wildman–Crippen MR) is 121 cm³/mol. The summed E-state index contributed by atoms with van der Waals surface area (Å²) in [5.41, 5.74) is 3.21. The molecule has 3 fully saturated rings. The summed E-state index contributed by atoms with van der Waals surface area (Å²) in [7, 11) is 0. The zero-order chi connectivity index (χ0) is 19.8. The van der Waals surface area contributed by atoms with Gasteiger partial charge >= 0.3 is 0 Å². The molecule has 3 aliphatic rings. The minimum Gasteiger partial charge on any atom is -0.347 e. The van der Waals surface area contributed by atoms with E-state index in [2.05, 4.69) is 28.4 Å². The lowest BCUT2D eigenvalue weighted by Gasteiger charge is -2.44. The monoisotopic (exact) mass is 422 g/mol. The number of amides is 1. The zero-order valence-electron chi connectivity index (χ0n) is 16.1. The summed E-state index contributed by atoms with van der Waals surface area (Å²) >= 11 is 7.92. The van der Waals surface area contributed by atoms with Crippen LogP contribution in [0.3, 0.4) is 0 Å². The normalized spacial score (nSPS) is 23.1. The lowest BCUT2D eigenvalue weighted by atomic mass is 9.84. The molecular formula is C24H23ClN2OS. The van der Waals surface area contributed by atoms with Crippen LogP contribution in [0.4, 0.5) is 0 Å². The Bertz CT molecular complexity index is 1040. The number of carbonyl (C=O) groups is 1. The molecule has 29 heavy (non-hydrogen) atoms. The van der Waals surface area contributed by atoms with Crippen molar-refractivity contribution in [3.63, 3.8) is 0 Å². The van der Waals surface area contributed by atoms with Crippen LogP contribution in [-0.2, 0) is 0 Å². The molecule has 3 saturated heterocycles. The van der Waals surface area contributed by atoms with Gasteiger partial charge in [0.1, 0.15) is 0 Å². The Hall–Kier alpha value is -2.14. The van der Waals surface area contributed by atoms with Crippen LogP contribution in [0.25, 0.3) is 21.6 Å². The summed E-state index contributed by atoms with van der Waals surface area (Å²) in [5, 5.41) is 4.03. The second-order valence-corrected chi connectivity index (χ2v) is 9.43. The molecule has 0 saturated carbocycles. The first kappa shape index (κ1) is 18.9. The molecule has 3 aromatic rings. The molecular weight excluding hydrogens is 400 g/mol. The molecule has 0 radical (unpaired) electrons. The zero-order valence-corrected chi connectivity index (χ0v) is 17.7. The van der Waals surface area contributed by atoms with Gasteiger partial charge in [0.2, 0.25) is 0 Å². The lowest BCUT2D eigenvalue weighted by molar-refractivity contribution is 0.0622. The number of benzene rings is 2. The van der Waals surface area contributed by atoms with Gasteiger partial charge in [-0.2, -0.15) is 0 Å². The summed E-state index contributed by atoms with van der Waals surface area (Å²) in [6.45, 7) is 3.36. The van der Waals surface area contributed by atoms with Crippen LogP contribution < -0.4 is 5.32 Å². The van der Waals surface area contributed by atoms with E-state index >= 15 is 0 Å². The minimum absolute atomic E-state index is 0.0576. The van der Waals surface area contributed by atoms with Gasteiger partial charge in [-0.15, -0.1) is 11.3 Å². The first-order valence-electron chi connectivity index (χ1n) is 10.2. The standard InChI is InChI=1S/C24H23ClN2OS/c25-20-7-2-1-6-19(20)17-4-3-5-18(14-17)22-8-9-23(29-22)24(28)26-21-15-27-12-10-16(21)11-13-27/h1-9,14,16,21H,10-13,15H2,(H,26,28)/t21-/m0/s1. The molecule has 148 valence electrons. The number of carbonyl (C=O) groups excluding carboxylic acids is 1. The van der Waals surface area contributed by atoms with Crippen molar-refractivity contribution in [2.75, 3.05) is 19.6 Å². The van der Waals surface area contributed by atoms with Crippen molar-refractivity contribution in [2.24, 2.45) is 5.92 Å². The molecule has 3 nitrogen and oxygen atoms in total. The summed E-state index contributed by atoms with van der Waals surface area (Å²) in [6, 6.07) is 20.5. The summed E-state index contributed by atoms with van der Waals surface area (Å²) in [6.07, 6.45) is 2.41. The Morgan fingerprint density at radius 2 is 1.79 bits per heavy atom. The van der Waals surface area contributed by atoms with Crippen LogP contribution in [0.2, 0.25) is 5.02 Å². The van der Waals surface area contributed by atoms with E-state index in [4.69, 9.17) is 11.6 Å². The molecule has 6 rings (SSSR count). The predicted octanol–water partition coefficient (Wildman–Crippen LogP) is 5.56. The number of fused-ring (bicyclic) bond motifs is 3. The highest BCUT2D eigenvalue weighted by Crippen LogP contribution is 2.34. The number of nitrogens with one attached hydrogen (secondary N) is 1. The first-order valence-corrected chi connectivity index (χ1v) is 11.4. The molecule has 3 aliphatic heterocycles. The Morgan fingerprint density at radius 3 is 2.55 bits per heavy atom. The van der Waals surface area contributed by atoms with Crippen molar-refractivity contribution in [1.29, 1.82) is 0 Å². The van der Waals surface area contributed by atoms with E-state index in [1.807, 2.05) is 42.5 Å². The Morgan fingerprint density at radius 1 is 1.00 bits per heavy atom. The Kier molecular flexibility index (Phi) is 5.17. The molecule has 1 amide bonds. The van der Waals surface area contributed by atoms with Gasteiger partial charge in [-0.3, -0.25) is 4.79 Å². The Balaban J connectivity index is 1.34. The van der Waals surface area contributed by atoms with E-state index in [9.17, 15) is 4.79 Å². The second-order valence-electron chi connectivity index (χ2n) is 7.94. The lowest BCUT2D eigenvalue weighted by Crippen LogP contribution is -2.57. The number of hydrogen-bond acceptors (Lipinski definition) is 3. The maximum absolute atomic E-state index is 12.8. The summed E-state index contributed by atoms with van der Waals surface area (Å²) in [4.78, 5) is 17.2. The number of piperidine rings is 3. The summed E-state index contributed by atoms with van der Waals surface area (Å²) < 4.78 is 0. The average Bonchev–Trinajstić information content (AvgIpc) is 3.26. The molecule has 1 atom stereocenters. The van der Waals surface area contributed by atoms with Crippen molar-refractivity contribution >= 4 is 28.8 Å². The molecule has 0 aliphatic carbocycles. The smallest absolute Gasteiger partial charge is 0.261 e. The third-order valence-electron chi connectivity index (χ3n) is 6.13. The van der Waals surface area contributed by atoms with E-state index < -0.39 is 0 Å². The van der Waals surface area contributed by atoms with Gasteiger partial charge in [-0.05, 0) is 67.2 Å². The van der Waals surface area contributed by atoms with E-state index in [1.54, 1.807) is 11.3 Å². The van der Waals surface area contributed by atoms with Crippen LogP contribution in [0, 0.1) is 5.92 Å². The molecule has 1 aromatic heterocycles. The van der Waals surface area contributed by atoms with Crippen LogP contribution in [0.1, 0.15) is 22.5 Å². The van der Waals surface area contributed by atoms with Gasteiger partial charge in [0.25, 0.3) is 5.91 Å². The molecule has 0 spiro atoms. The number of nitrogens with zero attached hydrogens (tertiary/aromatic N) is 1. The minimum atomic E-state index is 0.0576. The van der Waals surface area contributed by atoms with Gasteiger partial charge in [-0.25, -0.2) is 0 Å². The molecule has 2 aromatic carbocycles. The highest BCUT2D eigenvalue weighted by molar-refractivity contribution is 7.17. The topological polar surface area (TPSA) is 32.3 Å². The molecule has 5 heteroatoms. The summed E-state index contributed by atoms with van der Waals surface area (Å²) in [5.74, 6) is 0.693. The third kappa shape index (κ3) is 3.85. The van der Waals surface area contributed by atoms with Gasteiger partial charge in [0, 0.05) is 28.0 Å². The fourth-order valence-corrected chi connectivity index (χ4v) is 5.67. The Labute approximate surface area is 180 Å². The average molecular weight is 423 g/mol. The number of rotatable bonds is 4.